The van der Waals surface area contributed by atoms with Gasteiger partial charge in [0.1, 0.15) is 11.7 Å². The molecule has 1 rings (SSSR count). The Kier molecular flexibility index (Phi) is 4.14. The number of carbonyl (C=O) groups excluding carboxylic acids is 1. The van der Waals surface area contributed by atoms with Gasteiger partial charge in [0.25, 0.3) is 5.91 Å². The Hall–Kier alpha value is -1.74. The van der Waals surface area contributed by atoms with E-state index in [-0.39, 0.29) is 12.1 Å². The van der Waals surface area contributed by atoms with Crippen molar-refractivity contribution in [1.82, 2.24) is 10.3 Å². The zero-order valence-corrected chi connectivity index (χ0v) is 9.74. The maximum absolute atomic E-state index is 11.6. The maximum Gasteiger partial charge on any atom is 0.327 e. The second-order valence-electron chi connectivity index (χ2n) is 3.00. The molecule has 1 aromatic rings. The summed E-state index contributed by atoms with van der Waals surface area (Å²) in [6, 6.07) is 0.476. The number of hydrogen-bond donors (Lipinski definition) is 3. The fourth-order valence-corrected chi connectivity index (χ4v) is 1.40. The molecule has 0 aliphatic carbocycles. The van der Waals surface area contributed by atoms with Gasteiger partial charge in [0.2, 0.25) is 0 Å². The molecule has 0 radical (unpaired) electrons. The zero-order chi connectivity index (χ0) is 12.1. The molecular weight excluding hydrogens is 276 g/mol. The zero-order valence-electron chi connectivity index (χ0n) is 8.16. The van der Waals surface area contributed by atoms with Gasteiger partial charge in [-0.3, -0.25) is 4.79 Å². The van der Waals surface area contributed by atoms with Crippen LogP contribution in [0, 0.1) is 12.3 Å². The minimum Gasteiger partial charge on any atom is -0.480 e. The van der Waals surface area contributed by atoms with Crippen molar-refractivity contribution in [2.24, 2.45) is 0 Å². The van der Waals surface area contributed by atoms with E-state index < -0.39 is 17.9 Å². The number of halogens is 1. The van der Waals surface area contributed by atoms with Crippen molar-refractivity contribution in [3.05, 3.63) is 22.4 Å². The maximum atomic E-state index is 11.6. The number of aromatic amines is 1. The highest BCUT2D eigenvalue weighted by atomic mass is 79.9. The minimum absolute atomic E-state index is 0.0526. The normalized spacial score (nSPS) is 11.5. The van der Waals surface area contributed by atoms with Crippen LogP contribution in [0.4, 0.5) is 0 Å². The van der Waals surface area contributed by atoms with Crippen LogP contribution in [-0.2, 0) is 4.79 Å². The van der Waals surface area contributed by atoms with E-state index in [0.29, 0.717) is 4.47 Å². The van der Waals surface area contributed by atoms with E-state index in [1.165, 1.54) is 0 Å². The first-order valence-corrected chi connectivity index (χ1v) is 5.15. The smallest absolute Gasteiger partial charge is 0.327 e. The Balaban J connectivity index is 2.69. The van der Waals surface area contributed by atoms with Crippen molar-refractivity contribution >= 4 is 27.8 Å². The first-order chi connectivity index (χ1) is 7.54. The summed E-state index contributed by atoms with van der Waals surface area (Å²) in [4.78, 5) is 25.0. The number of carboxylic acids is 1. The topological polar surface area (TPSA) is 82.2 Å². The number of terminal acetylenes is 1. The summed E-state index contributed by atoms with van der Waals surface area (Å²) >= 11 is 3.17. The van der Waals surface area contributed by atoms with Crippen molar-refractivity contribution in [3.63, 3.8) is 0 Å². The van der Waals surface area contributed by atoms with Crippen LogP contribution in [0.15, 0.2) is 16.7 Å². The number of amides is 1. The largest absolute Gasteiger partial charge is 0.480 e. The summed E-state index contributed by atoms with van der Waals surface area (Å²) in [5.41, 5.74) is 0.273. The van der Waals surface area contributed by atoms with Crippen molar-refractivity contribution in [2.45, 2.75) is 12.5 Å². The van der Waals surface area contributed by atoms with E-state index in [1.54, 1.807) is 12.3 Å². The molecule has 0 saturated heterocycles. The third-order valence-electron chi connectivity index (χ3n) is 1.82. The van der Waals surface area contributed by atoms with Gasteiger partial charge < -0.3 is 15.4 Å². The lowest BCUT2D eigenvalue weighted by Gasteiger charge is -2.10. The molecule has 16 heavy (non-hydrogen) atoms. The van der Waals surface area contributed by atoms with Gasteiger partial charge in [-0.2, -0.15) is 0 Å². The second-order valence-corrected chi connectivity index (χ2v) is 3.92. The molecule has 0 spiro atoms. The van der Waals surface area contributed by atoms with Gasteiger partial charge in [0, 0.05) is 17.1 Å². The molecule has 0 aromatic carbocycles. The van der Waals surface area contributed by atoms with Gasteiger partial charge in [-0.1, -0.05) is 0 Å². The Morgan fingerprint density at radius 3 is 2.81 bits per heavy atom. The molecule has 1 heterocycles. The third-order valence-corrected chi connectivity index (χ3v) is 2.28. The van der Waals surface area contributed by atoms with Crippen molar-refractivity contribution in [1.29, 1.82) is 0 Å². The molecule has 3 N–H and O–H groups in total. The Morgan fingerprint density at radius 1 is 1.69 bits per heavy atom. The van der Waals surface area contributed by atoms with Crippen LogP contribution in [0.2, 0.25) is 0 Å². The highest BCUT2D eigenvalue weighted by molar-refractivity contribution is 9.10. The molecule has 5 nitrogen and oxygen atoms in total. The van der Waals surface area contributed by atoms with E-state index in [2.05, 4.69) is 32.2 Å². The number of H-pyrrole nitrogens is 1. The fourth-order valence-electron chi connectivity index (χ4n) is 1.05. The van der Waals surface area contributed by atoms with E-state index in [9.17, 15) is 9.59 Å². The molecule has 1 amide bonds. The van der Waals surface area contributed by atoms with Gasteiger partial charge in [0.15, 0.2) is 0 Å². The van der Waals surface area contributed by atoms with E-state index in [0.717, 1.165) is 0 Å². The standard InChI is InChI=1S/C10H9BrN2O3/c1-2-3-7(10(15)16)13-9(14)8-4-6(11)5-12-8/h1,4-5,7,12H,3H2,(H,13,14)(H,15,16). The summed E-state index contributed by atoms with van der Waals surface area (Å²) in [5, 5.41) is 11.1. The lowest BCUT2D eigenvalue weighted by Crippen LogP contribution is -2.40. The quantitative estimate of drug-likeness (QED) is 0.721. The third kappa shape index (κ3) is 3.14. The van der Waals surface area contributed by atoms with Crippen LogP contribution < -0.4 is 5.32 Å². The Bertz CT molecular complexity index is 447. The molecule has 6 heteroatoms. The molecule has 1 atom stereocenters. The van der Waals surface area contributed by atoms with Crippen LogP contribution in [0.5, 0.6) is 0 Å². The molecule has 1 aromatic heterocycles. The molecule has 84 valence electrons. The number of hydrogen-bond acceptors (Lipinski definition) is 2. The van der Waals surface area contributed by atoms with Crippen LogP contribution in [0.3, 0.4) is 0 Å². The van der Waals surface area contributed by atoms with Crippen molar-refractivity contribution < 1.29 is 14.7 Å². The lowest BCUT2D eigenvalue weighted by atomic mass is 10.2. The lowest BCUT2D eigenvalue weighted by molar-refractivity contribution is -0.139. The van der Waals surface area contributed by atoms with E-state index in [1.807, 2.05) is 0 Å². The highest BCUT2D eigenvalue weighted by Gasteiger charge is 2.20. The molecule has 0 bridgehead atoms. The summed E-state index contributed by atoms with van der Waals surface area (Å²) in [5.74, 6) is 0.534. The number of nitrogens with one attached hydrogen (secondary N) is 2. The Labute approximate surface area is 100 Å². The van der Waals surface area contributed by atoms with Crippen LogP contribution >= 0.6 is 15.9 Å². The average Bonchev–Trinajstić information content (AvgIpc) is 2.64. The van der Waals surface area contributed by atoms with Crippen molar-refractivity contribution in [3.8, 4) is 12.3 Å². The summed E-state index contributed by atoms with van der Waals surface area (Å²) in [7, 11) is 0. The van der Waals surface area contributed by atoms with Gasteiger partial charge in [-0.05, 0) is 22.0 Å². The molecule has 0 aliphatic heterocycles. The van der Waals surface area contributed by atoms with Crippen LogP contribution in [0.25, 0.3) is 0 Å². The van der Waals surface area contributed by atoms with E-state index >= 15 is 0 Å². The van der Waals surface area contributed by atoms with E-state index in [4.69, 9.17) is 11.5 Å². The minimum atomic E-state index is -1.16. The monoisotopic (exact) mass is 284 g/mol. The second kappa shape index (κ2) is 5.37. The number of aliphatic carboxylic acids is 1. The fraction of sp³-hybridized carbons (Fsp3) is 0.200. The molecule has 0 aliphatic rings. The van der Waals surface area contributed by atoms with Gasteiger partial charge >= 0.3 is 5.97 Å². The first-order valence-electron chi connectivity index (χ1n) is 4.35. The SMILES string of the molecule is C#CCC(NC(=O)c1cc(Br)c[nH]1)C(=O)O. The number of carboxylic acid groups (broad SMARTS) is 1. The predicted octanol–water partition coefficient (Wildman–Crippen LogP) is 0.983. The molecule has 1 unspecified atom stereocenters. The first kappa shape index (κ1) is 12.3. The number of carbonyl (C=O) groups is 2. The molecular formula is C10H9BrN2O3. The van der Waals surface area contributed by atoms with Crippen LogP contribution in [0.1, 0.15) is 16.9 Å². The van der Waals surface area contributed by atoms with Gasteiger partial charge in [-0.15, -0.1) is 12.3 Å². The van der Waals surface area contributed by atoms with Crippen molar-refractivity contribution in [2.75, 3.05) is 0 Å². The Morgan fingerprint density at radius 2 is 2.38 bits per heavy atom. The summed E-state index contributed by atoms with van der Waals surface area (Å²) in [6.07, 6.45) is 6.53. The predicted molar refractivity (Wildman–Crippen MR) is 60.8 cm³/mol. The molecule has 0 fully saturated rings. The van der Waals surface area contributed by atoms with Crippen LogP contribution in [-0.4, -0.2) is 28.0 Å². The highest BCUT2D eigenvalue weighted by Crippen LogP contribution is 2.10. The summed E-state index contributed by atoms with van der Waals surface area (Å²) in [6.45, 7) is 0. The van der Waals surface area contributed by atoms with Gasteiger partial charge in [-0.25, -0.2) is 4.79 Å². The average molecular weight is 285 g/mol. The van der Waals surface area contributed by atoms with Gasteiger partial charge in [0.05, 0.1) is 0 Å². The number of aromatic nitrogens is 1. The summed E-state index contributed by atoms with van der Waals surface area (Å²) < 4.78 is 0.710. The molecule has 0 saturated carbocycles. The number of rotatable bonds is 4.